The number of hydrogen-bond donors (Lipinski definition) is 0. The van der Waals surface area contributed by atoms with Crippen molar-refractivity contribution in [1.82, 2.24) is 15.5 Å². The van der Waals surface area contributed by atoms with Gasteiger partial charge in [-0.15, -0.1) is 0 Å². The largest absolute Gasteiger partial charge is 0.270 e. The molecule has 0 atom stereocenters. The van der Waals surface area contributed by atoms with Crippen molar-refractivity contribution in [2.24, 2.45) is 5.11 Å². The van der Waals surface area contributed by atoms with Crippen molar-refractivity contribution in [1.29, 1.82) is 0 Å². The Morgan fingerprint density at radius 2 is 2.00 bits per heavy atom. The summed E-state index contributed by atoms with van der Waals surface area (Å²) in [5.74, 6) is 0.0903. The van der Waals surface area contributed by atoms with E-state index >= 15 is 0 Å². The molecule has 0 aromatic carbocycles. The molecule has 4 heteroatoms. The highest BCUT2D eigenvalue weighted by Crippen LogP contribution is 1.94. The second kappa shape index (κ2) is 2.11. The van der Waals surface area contributed by atoms with Crippen LogP contribution in [0.15, 0.2) is 23.6 Å². The highest BCUT2D eigenvalue weighted by molar-refractivity contribution is 5.08. The average Bonchev–Trinajstić information content (AvgIpc) is 1.90. The van der Waals surface area contributed by atoms with E-state index in [1.807, 2.05) is 0 Å². The minimum Gasteiger partial charge on any atom is -0.218 e. The van der Waals surface area contributed by atoms with Gasteiger partial charge in [0.25, 0.3) is 5.95 Å². The maximum Gasteiger partial charge on any atom is 0.270 e. The van der Waals surface area contributed by atoms with E-state index in [4.69, 9.17) is 5.53 Å². The Hall–Kier alpha value is -1.32. The molecule has 4 nitrogen and oxygen atoms in total. The topological polar surface area (TPSA) is 60.4 Å². The van der Waals surface area contributed by atoms with Crippen LogP contribution in [-0.2, 0) is 0 Å². The predicted octanol–water partition coefficient (Wildman–Crippen LogP) is 0.360. The summed E-state index contributed by atoms with van der Waals surface area (Å²) in [5, 5.41) is 2.75. The molecule has 0 fully saturated rings. The van der Waals surface area contributed by atoms with Crippen LogP contribution in [0.4, 0.5) is 5.95 Å². The van der Waals surface area contributed by atoms with Gasteiger partial charge in [0.2, 0.25) is 0 Å². The van der Waals surface area contributed by atoms with Crippen LogP contribution in [0.3, 0.4) is 0 Å². The van der Waals surface area contributed by atoms with E-state index in [1.54, 1.807) is 6.07 Å². The minimum atomic E-state index is 0.0903. The fourth-order valence-corrected chi connectivity index (χ4v) is 0.343. The van der Waals surface area contributed by atoms with Gasteiger partial charge in [0.15, 0.2) is 0 Å². The Labute approximate surface area is 46.1 Å². The summed E-state index contributed by atoms with van der Waals surface area (Å²) in [7, 11) is 0. The van der Waals surface area contributed by atoms with Gasteiger partial charge in [-0.25, -0.2) is 9.97 Å². The van der Waals surface area contributed by atoms with Crippen LogP contribution in [-0.4, -0.2) is 9.97 Å². The summed E-state index contributed by atoms with van der Waals surface area (Å²) < 4.78 is 0. The molecule has 1 aromatic rings. The summed E-state index contributed by atoms with van der Waals surface area (Å²) in [6.07, 6.45) is 3.00. The molecule has 0 N–H and O–H groups in total. The number of aromatic nitrogens is 2. The molecule has 0 aliphatic heterocycles. The Bertz CT molecular complexity index is 171. The van der Waals surface area contributed by atoms with Crippen LogP contribution in [0, 0.1) is 0 Å². The molecule has 39 valence electrons. The van der Waals surface area contributed by atoms with E-state index in [9.17, 15) is 0 Å². The van der Waals surface area contributed by atoms with Crippen molar-refractivity contribution in [3.63, 3.8) is 0 Å². The van der Waals surface area contributed by atoms with Crippen molar-refractivity contribution >= 4 is 5.95 Å². The summed E-state index contributed by atoms with van der Waals surface area (Å²) >= 11 is 0. The Morgan fingerprint density at radius 3 is 2.38 bits per heavy atom. The predicted molar refractivity (Wildman–Crippen MR) is 26.3 cm³/mol. The first-order chi connectivity index (χ1) is 3.93. The highest BCUT2D eigenvalue weighted by Gasteiger charge is 1.83. The van der Waals surface area contributed by atoms with Crippen LogP contribution >= 0.6 is 0 Å². The first kappa shape index (κ1) is 4.83. The third kappa shape index (κ3) is 0.841. The molecule has 0 amide bonds. The van der Waals surface area contributed by atoms with Crippen LogP contribution < -0.4 is 5.53 Å². The summed E-state index contributed by atoms with van der Waals surface area (Å²) in [6.45, 7) is 0. The van der Waals surface area contributed by atoms with Gasteiger partial charge < -0.3 is 0 Å². The van der Waals surface area contributed by atoms with Gasteiger partial charge in [-0.3, -0.25) is 0 Å². The number of rotatable bonds is 1. The molecule has 1 rings (SSSR count). The van der Waals surface area contributed by atoms with Crippen molar-refractivity contribution in [2.75, 3.05) is 0 Å². The van der Waals surface area contributed by atoms with Gasteiger partial charge >= 0.3 is 0 Å². The fourth-order valence-electron chi connectivity index (χ4n) is 0.343. The molecule has 0 saturated heterocycles. The van der Waals surface area contributed by atoms with Gasteiger partial charge in [0, 0.05) is 12.4 Å². The Morgan fingerprint density at radius 1 is 1.38 bits per heavy atom. The van der Waals surface area contributed by atoms with E-state index < -0.39 is 0 Å². The first-order valence-corrected chi connectivity index (χ1v) is 2.05. The monoisotopic (exact) mass is 107 g/mol. The minimum absolute atomic E-state index is 0.0903. The molecule has 0 unspecified atom stereocenters. The SMILES string of the molecule is [N]=Nc1ncccn1. The second-order valence-electron chi connectivity index (χ2n) is 1.15. The zero-order valence-electron chi connectivity index (χ0n) is 4.02. The Kier molecular flexibility index (Phi) is 1.27. The smallest absolute Gasteiger partial charge is 0.218 e. The molecule has 8 heavy (non-hydrogen) atoms. The van der Waals surface area contributed by atoms with Gasteiger partial charge in [-0.2, -0.15) is 0 Å². The molecular formula is C4H3N4. The van der Waals surface area contributed by atoms with E-state index in [-0.39, 0.29) is 5.95 Å². The Balaban J connectivity index is 2.99. The lowest BCUT2D eigenvalue weighted by molar-refractivity contribution is 1.08. The highest BCUT2D eigenvalue weighted by atomic mass is 15.1. The molecule has 1 heterocycles. The quantitative estimate of drug-likeness (QED) is 0.486. The maximum atomic E-state index is 8.04. The van der Waals surface area contributed by atoms with Crippen LogP contribution in [0.25, 0.3) is 0 Å². The molecular weight excluding hydrogens is 104 g/mol. The van der Waals surface area contributed by atoms with Gasteiger partial charge in [-0.05, 0) is 11.6 Å². The molecule has 1 radical (unpaired) electrons. The summed E-state index contributed by atoms with van der Waals surface area (Å²) in [6, 6.07) is 1.65. The van der Waals surface area contributed by atoms with Crippen LogP contribution in [0.2, 0.25) is 0 Å². The molecule has 0 aliphatic rings. The van der Waals surface area contributed by atoms with E-state index in [0.29, 0.717) is 0 Å². The molecule has 0 aliphatic carbocycles. The lowest BCUT2D eigenvalue weighted by atomic mass is 10.7. The van der Waals surface area contributed by atoms with Crippen molar-refractivity contribution in [3.05, 3.63) is 18.5 Å². The van der Waals surface area contributed by atoms with Crippen molar-refractivity contribution in [3.8, 4) is 0 Å². The van der Waals surface area contributed by atoms with Crippen molar-refractivity contribution in [2.45, 2.75) is 0 Å². The van der Waals surface area contributed by atoms with Crippen molar-refractivity contribution < 1.29 is 0 Å². The van der Waals surface area contributed by atoms with Gasteiger partial charge in [-0.1, -0.05) is 5.11 Å². The third-order valence-electron chi connectivity index (χ3n) is 0.642. The zero-order chi connectivity index (χ0) is 5.82. The van der Waals surface area contributed by atoms with E-state index in [1.165, 1.54) is 12.4 Å². The standard InChI is InChI=1S/C4H3N4/c5-8-4-6-2-1-3-7-4/h1-3H. The first-order valence-electron chi connectivity index (χ1n) is 2.05. The normalized spacial score (nSPS) is 8.50. The lowest BCUT2D eigenvalue weighted by Gasteiger charge is -1.80. The third-order valence-corrected chi connectivity index (χ3v) is 0.642. The fraction of sp³-hybridized carbons (Fsp3) is 0. The summed E-state index contributed by atoms with van der Waals surface area (Å²) in [4.78, 5) is 7.14. The second-order valence-corrected chi connectivity index (χ2v) is 1.15. The van der Waals surface area contributed by atoms with Gasteiger partial charge in [0.1, 0.15) is 0 Å². The number of hydrogen-bond acceptors (Lipinski definition) is 3. The molecule has 1 aromatic heterocycles. The summed E-state index contributed by atoms with van der Waals surface area (Å²) in [5.41, 5.74) is 8.04. The van der Waals surface area contributed by atoms with Crippen LogP contribution in [0.1, 0.15) is 0 Å². The van der Waals surface area contributed by atoms with Crippen LogP contribution in [0.5, 0.6) is 0 Å². The van der Waals surface area contributed by atoms with E-state index in [0.717, 1.165) is 0 Å². The molecule has 0 saturated carbocycles. The molecule has 0 bridgehead atoms. The van der Waals surface area contributed by atoms with E-state index in [2.05, 4.69) is 15.1 Å². The van der Waals surface area contributed by atoms with Gasteiger partial charge in [0.05, 0.1) is 0 Å². The zero-order valence-corrected chi connectivity index (χ0v) is 4.02. The average molecular weight is 107 g/mol. The number of nitrogens with zero attached hydrogens (tertiary/aromatic N) is 4. The maximum absolute atomic E-state index is 8.04. The lowest BCUT2D eigenvalue weighted by Crippen LogP contribution is -1.74. The molecule has 0 spiro atoms.